The number of rotatable bonds is 6. The first-order chi connectivity index (χ1) is 8.60. The third-order valence-corrected chi connectivity index (χ3v) is 3.32. The number of hydrogen-bond donors (Lipinski definition) is 2. The van der Waals surface area contributed by atoms with E-state index in [1.165, 1.54) is 0 Å². The summed E-state index contributed by atoms with van der Waals surface area (Å²) in [7, 11) is 0. The Morgan fingerprint density at radius 2 is 1.89 bits per heavy atom. The maximum absolute atomic E-state index is 12.2. The van der Waals surface area contributed by atoms with Crippen molar-refractivity contribution in [1.29, 1.82) is 0 Å². The third-order valence-electron chi connectivity index (χ3n) is 3.32. The molecule has 0 radical (unpaired) electrons. The van der Waals surface area contributed by atoms with Crippen molar-refractivity contribution in [3.63, 3.8) is 0 Å². The van der Waals surface area contributed by atoms with Crippen LogP contribution in [0.5, 0.6) is 0 Å². The molecule has 3 heteroatoms. The monoisotopic (exact) mass is 248 g/mol. The van der Waals surface area contributed by atoms with Gasteiger partial charge in [-0.2, -0.15) is 0 Å². The SMILES string of the molecule is CCC(NC(=O)C(CN)C(C)C)c1ccccc1. The van der Waals surface area contributed by atoms with E-state index in [2.05, 4.69) is 12.2 Å². The Labute approximate surface area is 110 Å². The summed E-state index contributed by atoms with van der Waals surface area (Å²) in [6.45, 7) is 6.53. The topological polar surface area (TPSA) is 55.1 Å². The summed E-state index contributed by atoms with van der Waals surface area (Å²) in [5.41, 5.74) is 6.82. The molecule has 2 unspecified atom stereocenters. The van der Waals surface area contributed by atoms with Crippen molar-refractivity contribution in [1.82, 2.24) is 5.32 Å². The lowest BCUT2D eigenvalue weighted by Crippen LogP contribution is -2.39. The van der Waals surface area contributed by atoms with Gasteiger partial charge in [0.2, 0.25) is 5.91 Å². The summed E-state index contributed by atoms with van der Waals surface area (Å²) in [5.74, 6) is 0.217. The number of nitrogens with one attached hydrogen (secondary N) is 1. The maximum Gasteiger partial charge on any atom is 0.225 e. The second kappa shape index (κ2) is 7.17. The van der Waals surface area contributed by atoms with E-state index in [0.29, 0.717) is 6.54 Å². The minimum absolute atomic E-state index is 0.0585. The van der Waals surface area contributed by atoms with Gasteiger partial charge >= 0.3 is 0 Å². The van der Waals surface area contributed by atoms with E-state index in [0.717, 1.165) is 12.0 Å². The Balaban J connectivity index is 2.72. The summed E-state index contributed by atoms with van der Waals surface area (Å²) in [6, 6.07) is 10.1. The van der Waals surface area contributed by atoms with E-state index in [-0.39, 0.29) is 23.8 Å². The predicted octanol–water partition coefficient (Wildman–Crippen LogP) is 2.48. The summed E-state index contributed by atoms with van der Waals surface area (Å²) in [4.78, 5) is 12.2. The highest BCUT2D eigenvalue weighted by Gasteiger charge is 2.22. The zero-order valence-electron chi connectivity index (χ0n) is 11.5. The van der Waals surface area contributed by atoms with E-state index in [9.17, 15) is 4.79 Å². The second-order valence-electron chi connectivity index (χ2n) is 4.97. The van der Waals surface area contributed by atoms with Gasteiger partial charge in [0.25, 0.3) is 0 Å². The van der Waals surface area contributed by atoms with Crippen LogP contribution in [0.15, 0.2) is 30.3 Å². The van der Waals surface area contributed by atoms with Gasteiger partial charge in [0.05, 0.1) is 12.0 Å². The fraction of sp³-hybridized carbons (Fsp3) is 0.533. The van der Waals surface area contributed by atoms with E-state index in [1.807, 2.05) is 44.2 Å². The fourth-order valence-corrected chi connectivity index (χ4v) is 2.07. The maximum atomic E-state index is 12.2. The van der Waals surface area contributed by atoms with Gasteiger partial charge in [-0.15, -0.1) is 0 Å². The molecule has 3 nitrogen and oxygen atoms in total. The molecule has 0 aliphatic carbocycles. The molecule has 0 bridgehead atoms. The van der Waals surface area contributed by atoms with Gasteiger partial charge < -0.3 is 11.1 Å². The van der Waals surface area contributed by atoms with Gasteiger partial charge in [-0.25, -0.2) is 0 Å². The number of benzene rings is 1. The summed E-state index contributed by atoms with van der Waals surface area (Å²) < 4.78 is 0. The lowest BCUT2D eigenvalue weighted by Gasteiger charge is -2.23. The molecule has 0 aromatic heterocycles. The molecule has 0 aliphatic heterocycles. The molecular weight excluding hydrogens is 224 g/mol. The lowest BCUT2D eigenvalue weighted by molar-refractivity contribution is -0.126. The number of carbonyl (C=O) groups is 1. The standard InChI is InChI=1S/C15H24N2O/c1-4-14(12-8-6-5-7-9-12)17-15(18)13(10-16)11(2)3/h5-9,11,13-14H,4,10,16H2,1-3H3,(H,17,18). The third kappa shape index (κ3) is 3.84. The second-order valence-corrected chi connectivity index (χ2v) is 4.97. The van der Waals surface area contributed by atoms with Crippen LogP contribution in [0.1, 0.15) is 38.8 Å². The zero-order valence-corrected chi connectivity index (χ0v) is 11.5. The molecule has 2 atom stereocenters. The van der Waals surface area contributed by atoms with Crippen LogP contribution in [0, 0.1) is 11.8 Å². The highest BCUT2D eigenvalue weighted by molar-refractivity contribution is 5.79. The van der Waals surface area contributed by atoms with E-state index < -0.39 is 0 Å². The minimum Gasteiger partial charge on any atom is -0.349 e. The highest BCUT2D eigenvalue weighted by atomic mass is 16.2. The molecule has 1 aromatic rings. The minimum atomic E-state index is -0.109. The molecule has 1 aromatic carbocycles. The van der Waals surface area contributed by atoms with Crippen LogP contribution in [0.25, 0.3) is 0 Å². The van der Waals surface area contributed by atoms with Crippen LogP contribution in [0.4, 0.5) is 0 Å². The van der Waals surface area contributed by atoms with Crippen molar-refractivity contribution in [2.45, 2.75) is 33.2 Å². The average Bonchev–Trinajstić information content (AvgIpc) is 2.37. The molecule has 1 rings (SSSR count). The zero-order chi connectivity index (χ0) is 13.5. The number of carbonyl (C=O) groups excluding carboxylic acids is 1. The summed E-state index contributed by atoms with van der Waals surface area (Å²) in [6.07, 6.45) is 0.880. The van der Waals surface area contributed by atoms with Crippen LogP contribution < -0.4 is 11.1 Å². The average molecular weight is 248 g/mol. The van der Waals surface area contributed by atoms with Crippen LogP contribution in [-0.4, -0.2) is 12.5 Å². The molecule has 0 heterocycles. The largest absolute Gasteiger partial charge is 0.349 e. The van der Waals surface area contributed by atoms with Crippen molar-refractivity contribution in [2.75, 3.05) is 6.54 Å². The van der Waals surface area contributed by atoms with Crippen molar-refractivity contribution >= 4 is 5.91 Å². The Morgan fingerprint density at radius 1 is 1.28 bits per heavy atom. The molecule has 0 saturated heterocycles. The molecule has 0 aliphatic rings. The molecule has 3 N–H and O–H groups in total. The molecule has 0 fully saturated rings. The van der Waals surface area contributed by atoms with Gasteiger partial charge in [0.15, 0.2) is 0 Å². The van der Waals surface area contributed by atoms with Gasteiger partial charge in [0, 0.05) is 6.54 Å². The Morgan fingerprint density at radius 3 is 2.33 bits per heavy atom. The van der Waals surface area contributed by atoms with Gasteiger partial charge in [-0.3, -0.25) is 4.79 Å². The van der Waals surface area contributed by atoms with Crippen molar-refractivity contribution in [3.8, 4) is 0 Å². The molecule has 100 valence electrons. The van der Waals surface area contributed by atoms with Gasteiger partial charge in [-0.05, 0) is 17.9 Å². The molecule has 1 amide bonds. The number of amides is 1. The van der Waals surface area contributed by atoms with Crippen LogP contribution >= 0.6 is 0 Å². The Bertz CT molecular complexity index is 362. The Kier molecular flexibility index (Phi) is 5.86. The normalized spacial score (nSPS) is 14.3. The Hall–Kier alpha value is -1.35. The van der Waals surface area contributed by atoms with Crippen LogP contribution in [0.3, 0.4) is 0 Å². The van der Waals surface area contributed by atoms with Gasteiger partial charge in [0.1, 0.15) is 0 Å². The molecular formula is C15H24N2O. The molecule has 0 saturated carbocycles. The number of hydrogen-bond acceptors (Lipinski definition) is 2. The summed E-state index contributed by atoms with van der Waals surface area (Å²) >= 11 is 0. The van der Waals surface area contributed by atoms with Gasteiger partial charge in [-0.1, -0.05) is 51.1 Å². The molecule has 0 spiro atoms. The highest BCUT2D eigenvalue weighted by Crippen LogP contribution is 2.18. The number of nitrogens with two attached hydrogens (primary N) is 1. The first-order valence-electron chi connectivity index (χ1n) is 6.65. The smallest absolute Gasteiger partial charge is 0.225 e. The van der Waals surface area contributed by atoms with Crippen molar-refractivity contribution < 1.29 is 4.79 Å². The molecule has 18 heavy (non-hydrogen) atoms. The van der Waals surface area contributed by atoms with Crippen LogP contribution in [-0.2, 0) is 4.79 Å². The van der Waals surface area contributed by atoms with E-state index >= 15 is 0 Å². The van der Waals surface area contributed by atoms with Crippen molar-refractivity contribution in [2.24, 2.45) is 17.6 Å². The summed E-state index contributed by atoms with van der Waals surface area (Å²) in [5, 5.41) is 3.10. The predicted molar refractivity (Wildman–Crippen MR) is 75.0 cm³/mol. The first kappa shape index (κ1) is 14.7. The van der Waals surface area contributed by atoms with Crippen molar-refractivity contribution in [3.05, 3.63) is 35.9 Å². The first-order valence-corrected chi connectivity index (χ1v) is 6.65. The quantitative estimate of drug-likeness (QED) is 0.812. The van der Waals surface area contributed by atoms with Crippen LogP contribution in [0.2, 0.25) is 0 Å². The van der Waals surface area contributed by atoms with E-state index in [4.69, 9.17) is 5.73 Å². The van der Waals surface area contributed by atoms with E-state index in [1.54, 1.807) is 0 Å². The fourth-order valence-electron chi connectivity index (χ4n) is 2.07. The lowest BCUT2D eigenvalue weighted by atomic mass is 9.94.